The molecule has 4 N–H and O–H groups in total. The summed E-state index contributed by atoms with van der Waals surface area (Å²) < 4.78 is 5.03. The highest BCUT2D eigenvalue weighted by molar-refractivity contribution is 5.67. The number of carbonyl (C=O) groups excluding carboxylic acids is 1. The smallest absolute Gasteiger partial charge is 0.407 e. The van der Waals surface area contributed by atoms with Gasteiger partial charge in [0.05, 0.1) is 18.0 Å². The van der Waals surface area contributed by atoms with Gasteiger partial charge in [0.15, 0.2) is 0 Å². The van der Waals surface area contributed by atoms with Crippen molar-refractivity contribution in [1.82, 2.24) is 15.3 Å². The lowest BCUT2D eigenvalue weighted by atomic mass is 10.1. The second kappa shape index (κ2) is 7.19. The number of rotatable bonds is 5. The van der Waals surface area contributed by atoms with Gasteiger partial charge in [-0.05, 0) is 27.2 Å². The highest BCUT2D eigenvalue weighted by atomic mass is 16.6. The van der Waals surface area contributed by atoms with Crippen molar-refractivity contribution in [3.8, 4) is 0 Å². The van der Waals surface area contributed by atoms with E-state index in [2.05, 4.69) is 15.3 Å². The van der Waals surface area contributed by atoms with Crippen LogP contribution >= 0.6 is 0 Å². The Kier molecular flexibility index (Phi) is 5.86. The van der Waals surface area contributed by atoms with Gasteiger partial charge in [0.25, 0.3) is 5.56 Å². The van der Waals surface area contributed by atoms with E-state index >= 15 is 0 Å². The van der Waals surface area contributed by atoms with Crippen LogP contribution in [0.5, 0.6) is 0 Å². The van der Waals surface area contributed by atoms with Crippen molar-refractivity contribution in [3.63, 3.8) is 0 Å². The van der Waals surface area contributed by atoms with Gasteiger partial charge in [-0.3, -0.25) is 9.78 Å². The molecule has 8 heteroatoms. The van der Waals surface area contributed by atoms with Crippen molar-refractivity contribution in [2.75, 3.05) is 6.54 Å². The van der Waals surface area contributed by atoms with Gasteiger partial charge in [0.2, 0.25) is 0 Å². The number of aromatic amines is 1. The highest BCUT2D eigenvalue weighted by Crippen LogP contribution is 2.14. The zero-order valence-corrected chi connectivity index (χ0v) is 12.3. The summed E-state index contributed by atoms with van der Waals surface area (Å²) in [6.07, 6.45) is -0.602. The molecule has 2 atom stereocenters. The largest absolute Gasteiger partial charge is 0.444 e. The molecule has 0 aliphatic carbocycles. The Morgan fingerprint density at radius 2 is 2.14 bits per heavy atom. The number of aliphatic hydroxyl groups is 2. The minimum atomic E-state index is -1.25. The fourth-order valence-corrected chi connectivity index (χ4v) is 1.51. The van der Waals surface area contributed by atoms with Crippen molar-refractivity contribution < 1.29 is 19.7 Å². The molecule has 0 bridgehead atoms. The van der Waals surface area contributed by atoms with Crippen molar-refractivity contribution in [3.05, 3.63) is 28.4 Å². The third-order valence-electron chi connectivity index (χ3n) is 2.47. The molecular weight excluding hydrogens is 278 g/mol. The summed E-state index contributed by atoms with van der Waals surface area (Å²) in [5, 5.41) is 22.1. The maximum Gasteiger partial charge on any atom is 0.407 e. The van der Waals surface area contributed by atoms with Crippen LogP contribution in [0.1, 0.15) is 39.0 Å². The summed E-state index contributed by atoms with van der Waals surface area (Å²) in [6, 6.07) is 0. The Labute approximate surface area is 122 Å². The molecule has 0 fully saturated rings. The number of amides is 1. The number of hydrogen-bond acceptors (Lipinski definition) is 6. The number of aromatic nitrogens is 2. The van der Waals surface area contributed by atoms with E-state index in [1.807, 2.05) is 0 Å². The predicted octanol–water partition coefficient (Wildman–Crippen LogP) is 0.0790. The Morgan fingerprint density at radius 3 is 2.67 bits per heavy atom. The molecule has 0 aliphatic heterocycles. The molecule has 1 aromatic rings. The van der Waals surface area contributed by atoms with E-state index in [0.29, 0.717) is 0 Å². The van der Waals surface area contributed by atoms with E-state index in [9.17, 15) is 19.8 Å². The lowest BCUT2D eigenvalue weighted by Gasteiger charge is -2.21. The molecule has 0 saturated heterocycles. The molecule has 1 rings (SSSR count). The summed E-state index contributed by atoms with van der Waals surface area (Å²) in [4.78, 5) is 28.3. The molecule has 0 aromatic carbocycles. The number of nitrogens with one attached hydrogen (secondary N) is 2. The number of nitrogens with zero attached hydrogens (tertiary/aromatic N) is 1. The van der Waals surface area contributed by atoms with Gasteiger partial charge in [-0.15, -0.1) is 0 Å². The summed E-state index contributed by atoms with van der Waals surface area (Å²) in [5.41, 5.74) is -0.839. The number of alkyl carbamates (subject to hydrolysis) is 1. The molecule has 8 nitrogen and oxygen atoms in total. The SMILES string of the molecule is CC(C)(C)OC(=O)NCCC(O)C(O)c1c[nH]c(=O)cn1. The van der Waals surface area contributed by atoms with Crippen LogP contribution in [0.15, 0.2) is 17.2 Å². The maximum atomic E-state index is 11.4. The number of ether oxygens (including phenoxy) is 1. The first-order valence-corrected chi connectivity index (χ1v) is 6.56. The Morgan fingerprint density at radius 1 is 1.48 bits per heavy atom. The van der Waals surface area contributed by atoms with Crippen molar-refractivity contribution in [1.29, 1.82) is 0 Å². The average molecular weight is 299 g/mol. The van der Waals surface area contributed by atoms with Crippen LogP contribution < -0.4 is 10.9 Å². The van der Waals surface area contributed by atoms with Crippen LogP contribution in [-0.2, 0) is 4.74 Å². The van der Waals surface area contributed by atoms with Gasteiger partial charge in [-0.1, -0.05) is 0 Å². The summed E-state index contributed by atoms with van der Waals surface area (Å²) >= 11 is 0. The zero-order chi connectivity index (χ0) is 16.0. The zero-order valence-electron chi connectivity index (χ0n) is 12.3. The van der Waals surface area contributed by atoms with Crippen LogP contribution in [0.25, 0.3) is 0 Å². The normalized spacial score (nSPS) is 14.3. The molecule has 0 radical (unpaired) electrons. The Balaban J connectivity index is 2.39. The monoisotopic (exact) mass is 299 g/mol. The van der Waals surface area contributed by atoms with Crippen molar-refractivity contribution >= 4 is 6.09 Å². The second-order valence-corrected chi connectivity index (χ2v) is 5.57. The van der Waals surface area contributed by atoms with Gasteiger partial charge < -0.3 is 25.3 Å². The molecule has 2 unspecified atom stereocenters. The summed E-state index contributed by atoms with van der Waals surface area (Å²) in [5.74, 6) is 0. The lowest BCUT2D eigenvalue weighted by Crippen LogP contribution is -2.34. The first kappa shape index (κ1) is 17.1. The Hall–Kier alpha value is -1.93. The van der Waals surface area contributed by atoms with E-state index in [0.717, 1.165) is 6.20 Å². The summed E-state index contributed by atoms with van der Waals surface area (Å²) in [7, 11) is 0. The van der Waals surface area contributed by atoms with Crippen LogP contribution in [0.2, 0.25) is 0 Å². The topological polar surface area (TPSA) is 125 Å². The second-order valence-electron chi connectivity index (χ2n) is 5.57. The number of hydrogen-bond donors (Lipinski definition) is 4. The first-order chi connectivity index (χ1) is 9.69. The van der Waals surface area contributed by atoms with Crippen molar-refractivity contribution in [2.45, 2.75) is 45.0 Å². The molecular formula is C13H21N3O5. The van der Waals surface area contributed by atoms with E-state index < -0.39 is 29.5 Å². The van der Waals surface area contributed by atoms with Gasteiger partial charge in [0, 0.05) is 12.7 Å². The molecule has 0 saturated carbocycles. The maximum absolute atomic E-state index is 11.4. The molecule has 21 heavy (non-hydrogen) atoms. The predicted molar refractivity (Wildman–Crippen MR) is 74.7 cm³/mol. The van der Waals surface area contributed by atoms with Crippen LogP contribution in [-0.4, -0.2) is 44.5 Å². The fraction of sp³-hybridized carbons (Fsp3) is 0.615. The van der Waals surface area contributed by atoms with Crippen LogP contribution in [0, 0.1) is 0 Å². The highest BCUT2D eigenvalue weighted by Gasteiger charge is 2.21. The molecule has 1 amide bonds. The van der Waals surface area contributed by atoms with E-state index in [1.165, 1.54) is 6.20 Å². The molecule has 1 heterocycles. The van der Waals surface area contributed by atoms with E-state index in [1.54, 1.807) is 20.8 Å². The minimum absolute atomic E-state index is 0.112. The van der Waals surface area contributed by atoms with Crippen LogP contribution in [0.3, 0.4) is 0 Å². The van der Waals surface area contributed by atoms with Gasteiger partial charge >= 0.3 is 6.09 Å². The van der Waals surface area contributed by atoms with Gasteiger partial charge in [0.1, 0.15) is 11.7 Å². The Bertz CT molecular complexity index is 503. The molecule has 118 valence electrons. The van der Waals surface area contributed by atoms with E-state index in [4.69, 9.17) is 4.74 Å². The average Bonchev–Trinajstić information content (AvgIpc) is 2.36. The van der Waals surface area contributed by atoms with Crippen molar-refractivity contribution in [2.24, 2.45) is 0 Å². The molecule has 0 aliphatic rings. The first-order valence-electron chi connectivity index (χ1n) is 6.56. The molecule has 0 spiro atoms. The van der Waals surface area contributed by atoms with E-state index in [-0.39, 0.29) is 18.7 Å². The number of H-pyrrole nitrogens is 1. The quantitative estimate of drug-likeness (QED) is 0.610. The minimum Gasteiger partial charge on any atom is -0.444 e. The molecule has 1 aromatic heterocycles. The third kappa shape index (κ3) is 6.37. The lowest BCUT2D eigenvalue weighted by molar-refractivity contribution is 0.00969. The number of carbonyl (C=O) groups is 1. The third-order valence-corrected chi connectivity index (χ3v) is 2.47. The number of aliphatic hydroxyl groups excluding tert-OH is 2. The standard InChI is InChI=1S/C13H21N3O5/c1-13(2,3)21-12(20)14-5-4-9(17)11(19)8-6-16-10(18)7-15-8/h6-7,9,11,17,19H,4-5H2,1-3H3,(H,14,20)(H,16,18). The fourth-order valence-electron chi connectivity index (χ4n) is 1.51. The van der Waals surface area contributed by atoms with Gasteiger partial charge in [-0.25, -0.2) is 4.79 Å². The summed E-state index contributed by atoms with van der Waals surface area (Å²) in [6.45, 7) is 5.36. The van der Waals surface area contributed by atoms with Gasteiger partial charge in [-0.2, -0.15) is 0 Å². The van der Waals surface area contributed by atoms with Crippen LogP contribution in [0.4, 0.5) is 4.79 Å².